The normalized spacial score (nSPS) is 13.9. The maximum absolute atomic E-state index is 12.0. The molecule has 4 amide bonds. The number of hydrogen-bond donors (Lipinski definition) is 4. The number of rotatable bonds is 6. The third-order valence-electron chi connectivity index (χ3n) is 4.99. The minimum atomic E-state index is -0.888. The van der Waals surface area contributed by atoms with Crippen molar-refractivity contribution in [1.29, 1.82) is 0 Å². The zero-order valence-corrected chi connectivity index (χ0v) is 19.5. The molecule has 180 valence electrons. The second-order valence-electron chi connectivity index (χ2n) is 7.58. The first-order valence-electron chi connectivity index (χ1n) is 10.6. The third-order valence-corrected chi connectivity index (χ3v) is 5.73. The van der Waals surface area contributed by atoms with Crippen molar-refractivity contribution in [2.24, 2.45) is 5.10 Å². The maximum atomic E-state index is 12.0. The highest BCUT2D eigenvalue weighted by Gasteiger charge is 2.20. The molecule has 1 fully saturated rings. The maximum Gasteiger partial charge on any atom is 0.329 e. The fourth-order valence-corrected chi connectivity index (χ4v) is 3.57. The summed E-state index contributed by atoms with van der Waals surface area (Å²) >= 11 is 11.7. The Balaban J connectivity index is 1.41. The summed E-state index contributed by atoms with van der Waals surface area (Å²) in [6, 6.07) is 7.56. The zero-order valence-electron chi connectivity index (χ0n) is 18.0. The summed E-state index contributed by atoms with van der Waals surface area (Å²) in [4.78, 5) is 47.8. The van der Waals surface area contributed by atoms with Gasteiger partial charge in [0.25, 0.3) is 0 Å². The molecular formula is C22H23Cl2N5O5. The van der Waals surface area contributed by atoms with Crippen molar-refractivity contribution in [3.63, 3.8) is 0 Å². The van der Waals surface area contributed by atoms with Gasteiger partial charge >= 0.3 is 23.6 Å². The Kier molecular flexibility index (Phi) is 9.06. The molecule has 0 unspecified atom stereocenters. The van der Waals surface area contributed by atoms with Crippen LogP contribution in [0.15, 0.2) is 39.9 Å². The van der Waals surface area contributed by atoms with E-state index < -0.39 is 23.6 Å². The standard InChI is InChI=1S/C22H23Cl2N5O5/c23-17-9-6-14(10-18(17)24)28-20(31)19(30)25-11-15-7-8-16(34-15)12-26-29-22(33)21(32)27-13-4-2-1-3-5-13/h6-10,12-13H,1-5,11H2,(H,25,30)(H,27,32)(H,28,31)(H,29,33)/b26-12+. The molecule has 12 heteroatoms. The van der Waals surface area contributed by atoms with Crippen molar-refractivity contribution in [1.82, 2.24) is 16.1 Å². The second-order valence-corrected chi connectivity index (χ2v) is 8.39. The van der Waals surface area contributed by atoms with Gasteiger partial charge in [0.15, 0.2) is 0 Å². The smallest absolute Gasteiger partial charge is 0.329 e. The van der Waals surface area contributed by atoms with Crippen LogP contribution in [-0.4, -0.2) is 35.9 Å². The van der Waals surface area contributed by atoms with Gasteiger partial charge in [-0.2, -0.15) is 5.10 Å². The van der Waals surface area contributed by atoms with Crippen LogP contribution in [0, 0.1) is 0 Å². The number of carbonyl (C=O) groups is 4. The molecule has 1 aliphatic carbocycles. The van der Waals surface area contributed by atoms with Crippen molar-refractivity contribution in [2.75, 3.05) is 5.32 Å². The van der Waals surface area contributed by atoms with Crippen molar-refractivity contribution in [3.05, 3.63) is 51.9 Å². The molecule has 0 radical (unpaired) electrons. The number of anilines is 1. The number of hydrazone groups is 1. The number of halogens is 2. The molecule has 1 aliphatic rings. The molecule has 3 rings (SSSR count). The van der Waals surface area contributed by atoms with Gasteiger partial charge in [0.1, 0.15) is 11.5 Å². The van der Waals surface area contributed by atoms with E-state index in [2.05, 4.69) is 26.5 Å². The third kappa shape index (κ3) is 7.60. The van der Waals surface area contributed by atoms with Crippen LogP contribution in [-0.2, 0) is 25.7 Å². The minimum Gasteiger partial charge on any atom is -0.458 e. The molecule has 4 N–H and O–H groups in total. The molecule has 2 aromatic rings. The van der Waals surface area contributed by atoms with Crippen LogP contribution < -0.4 is 21.4 Å². The van der Waals surface area contributed by atoms with Crippen LogP contribution in [0.1, 0.15) is 43.6 Å². The summed E-state index contributed by atoms with van der Waals surface area (Å²) < 4.78 is 5.45. The predicted octanol–water partition coefficient (Wildman–Crippen LogP) is 2.74. The van der Waals surface area contributed by atoms with Crippen LogP contribution in [0.25, 0.3) is 0 Å². The monoisotopic (exact) mass is 507 g/mol. The van der Waals surface area contributed by atoms with Gasteiger partial charge in [-0.3, -0.25) is 19.2 Å². The summed E-state index contributed by atoms with van der Waals surface area (Å²) in [5, 5.41) is 11.8. The Hall–Kier alpha value is -3.37. The zero-order chi connectivity index (χ0) is 24.5. The Bertz CT molecular complexity index is 1100. The average Bonchev–Trinajstić information content (AvgIpc) is 3.28. The van der Waals surface area contributed by atoms with Crippen LogP contribution in [0.5, 0.6) is 0 Å². The highest BCUT2D eigenvalue weighted by atomic mass is 35.5. The van der Waals surface area contributed by atoms with Crippen molar-refractivity contribution in [2.45, 2.75) is 44.7 Å². The molecule has 1 saturated carbocycles. The second kappa shape index (κ2) is 12.2. The first kappa shape index (κ1) is 25.3. The molecule has 1 aromatic heterocycles. The number of nitrogens with one attached hydrogen (secondary N) is 4. The van der Waals surface area contributed by atoms with Gasteiger partial charge in [-0.25, -0.2) is 5.43 Å². The molecule has 0 bridgehead atoms. The van der Waals surface area contributed by atoms with E-state index in [1.807, 2.05) is 0 Å². The molecule has 1 heterocycles. The van der Waals surface area contributed by atoms with E-state index >= 15 is 0 Å². The molecule has 0 saturated heterocycles. The molecule has 10 nitrogen and oxygen atoms in total. The van der Waals surface area contributed by atoms with Crippen molar-refractivity contribution < 1.29 is 23.6 Å². The lowest BCUT2D eigenvalue weighted by molar-refractivity contribution is -0.139. The Morgan fingerprint density at radius 1 is 0.941 bits per heavy atom. The van der Waals surface area contributed by atoms with E-state index in [1.54, 1.807) is 12.1 Å². The predicted molar refractivity (Wildman–Crippen MR) is 126 cm³/mol. The van der Waals surface area contributed by atoms with Crippen molar-refractivity contribution in [3.8, 4) is 0 Å². The van der Waals surface area contributed by atoms with Gasteiger partial charge in [-0.05, 0) is 43.2 Å². The summed E-state index contributed by atoms with van der Waals surface area (Å²) in [6.45, 7) is -0.0579. The van der Waals surface area contributed by atoms with E-state index in [4.69, 9.17) is 27.6 Å². The molecular weight excluding hydrogens is 485 g/mol. The van der Waals surface area contributed by atoms with Crippen molar-refractivity contribution >= 4 is 58.7 Å². The van der Waals surface area contributed by atoms with Gasteiger partial charge < -0.3 is 20.4 Å². The van der Waals surface area contributed by atoms with Crippen LogP contribution in [0.4, 0.5) is 5.69 Å². The number of amides is 4. The van der Waals surface area contributed by atoms with Crippen LogP contribution in [0.3, 0.4) is 0 Å². The number of carbonyl (C=O) groups excluding carboxylic acids is 4. The SMILES string of the molecule is O=C(NCc1ccc(/C=N/NC(=O)C(=O)NC2CCCCC2)o1)C(=O)Nc1ccc(Cl)c(Cl)c1. The van der Waals surface area contributed by atoms with Crippen LogP contribution in [0.2, 0.25) is 10.0 Å². The summed E-state index contributed by atoms with van der Waals surface area (Å²) in [7, 11) is 0. The van der Waals surface area contributed by atoms with E-state index in [1.165, 1.54) is 24.4 Å². The highest BCUT2D eigenvalue weighted by molar-refractivity contribution is 6.43. The van der Waals surface area contributed by atoms with E-state index in [0.29, 0.717) is 16.5 Å². The lowest BCUT2D eigenvalue weighted by atomic mass is 9.95. The van der Waals surface area contributed by atoms with Gasteiger partial charge in [0.05, 0.1) is 22.8 Å². The van der Waals surface area contributed by atoms with Gasteiger partial charge in [0, 0.05) is 11.7 Å². The fraction of sp³-hybridized carbons (Fsp3) is 0.318. The van der Waals surface area contributed by atoms with E-state index in [-0.39, 0.29) is 23.4 Å². The van der Waals surface area contributed by atoms with E-state index in [0.717, 1.165) is 32.1 Å². The average molecular weight is 508 g/mol. The molecule has 1 aromatic carbocycles. The summed E-state index contributed by atoms with van der Waals surface area (Å²) in [5.41, 5.74) is 2.46. The largest absolute Gasteiger partial charge is 0.458 e. The Labute approximate surface area is 205 Å². The van der Waals surface area contributed by atoms with Gasteiger partial charge in [0.2, 0.25) is 0 Å². The van der Waals surface area contributed by atoms with E-state index in [9.17, 15) is 19.2 Å². The Morgan fingerprint density at radius 2 is 1.71 bits per heavy atom. The quantitative estimate of drug-likeness (QED) is 0.270. The fourth-order valence-electron chi connectivity index (χ4n) is 3.27. The minimum absolute atomic E-state index is 0.0184. The number of nitrogens with zero attached hydrogens (tertiary/aromatic N) is 1. The summed E-state index contributed by atoms with van der Waals surface area (Å²) in [5.74, 6) is -2.74. The van der Waals surface area contributed by atoms with Gasteiger partial charge in [-0.1, -0.05) is 42.5 Å². The highest BCUT2D eigenvalue weighted by Crippen LogP contribution is 2.25. The number of furan rings is 1. The number of benzene rings is 1. The molecule has 0 aliphatic heterocycles. The Morgan fingerprint density at radius 3 is 2.44 bits per heavy atom. The van der Waals surface area contributed by atoms with Crippen LogP contribution >= 0.6 is 23.2 Å². The van der Waals surface area contributed by atoms with Gasteiger partial charge in [-0.15, -0.1) is 0 Å². The molecule has 34 heavy (non-hydrogen) atoms. The lowest BCUT2D eigenvalue weighted by Crippen LogP contribution is -2.44. The topological polar surface area (TPSA) is 142 Å². The first-order valence-corrected chi connectivity index (χ1v) is 11.3. The molecule has 0 atom stereocenters. The first-order chi connectivity index (χ1) is 16.3. The number of hydrogen-bond acceptors (Lipinski definition) is 6. The molecule has 0 spiro atoms. The lowest BCUT2D eigenvalue weighted by Gasteiger charge is -2.22. The summed E-state index contributed by atoms with van der Waals surface area (Å²) in [6.07, 6.45) is 6.16.